The molecule has 0 atom stereocenters. The van der Waals surface area contributed by atoms with Crippen molar-refractivity contribution in [2.75, 3.05) is 5.75 Å². The molecule has 1 amide bonds. The van der Waals surface area contributed by atoms with E-state index in [1.807, 2.05) is 11.6 Å². The number of amides is 1. The van der Waals surface area contributed by atoms with Gasteiger partial charge in [0.05, 0.1) is 28.1 Å². The molecule has 206 valence electrons. The number of benzene rings is 2. The molecule has 39 heavy (non-hydrogen) atoms. The number of alkyl halides is 6. The Morgan fingerprint density at radius 2 is 1.54 bits per heavy atom. The van der Waals surface area contributed by atoms with Crippen LogP contribution in [0.15, 0.2) is 65.1 Å². The number of halogens is 6. The lowest BCUT2D eigenvalue weighted by Gasteiger charge is -2.14. The smallest absolute Gasteiger partial charge is 0.416 e. The third-order valence-electron chi connectivity index (χ3n) is 5.70. The Labute approximate surface area is 218 Å². The van der Waals surface area contributed by atoms with Crippen molar-refractivity contribution in [1.29, 1.82) is 0 Å². The first-order valence-corrected chi connectivity index (χ1v) is 13.2. The number of carbonyl (C=O) groups is 1. The van der Waals surface area contributed by atoms with Gasteiger partial charge in [-0.25, -0.2) is 18.1 Å². The summed E-state index contributed by atoms with van der Waals surface area (Å²) in [7, 11) is -3.82. The first-order chi connectivity index (χ1) is 18.2. The molecule has 0 unspecified atom stereocenters. The predicted octanol–water partition coefficient (Wildman–Crippen LogP) is 7.06. The van der Waals surface area contributed by atoms with Crippen molar-refractivity contribution < 1.29 is 44.0 Å². The lowest BCUT2D eigenvalue weighted by Crippen LogP contribution is -2.32. The highest BCUT2D eigenvalue weighted by Gasteiger charge is 2.37. The van der Waals surface area contributed by atoms with Crippen LogP contribution in [0.2, 0.25) is 0 Å². The van der Waals surface area contributed by atoms with E-state index < -0.39 is 39.4 Å². The third kappa shape index (κ3) is 6.59. The van der Waals surface area contributed by atoms with Crippen LogP contribution in [0, 0.1) is 0 Å². The average molecular weight is 571 g/mol. The van der Waals surface area contributed by atoms with Crippen molar-refractivity contribution in [3.63, 3.8) is 0 Å². The highest BCUT2D eigenvalue weighted by molar-refractivity contribution is 7.90. The number of aromatic nitrogens is 1. The van der Waals surface area contributed by atoms with Gasteiger partial charge in [0, 0.05) is 16.5 Å². The Bertz CT molecular complexity index is 1610. The first-order valence-electron chi connectivity index (χ1n) is 11.5. The SMILES string of the molecule is CCCCS(=O)(=O)NC(=O)c1ccc(-c2ccc3nc(-c4cc(C(F)(F)F)cc(C(F)(F)F)c4)ccc3c2)o1. The van der Waals surface area contributed by atoms with Crippen LogP contribution in [0.4, 0.5) is 26.3 Å². The van der Waals surface area contributed by atoms with Crippen LogP contribution in [-0.4, -0.2) is 25.1 Å². The topological polar surface area (TPSA) is 89.3 Å². The Morgan fingerprint density at radius 3 is 2.15 bits per heavy atom. The van der Waals surface area contributed by atoms with Gasteiger partial charge in [-0.3, -0.25) is 4.79 Å². The molecule has 13 heteroatoms. The number of pyridine rings is 1. The Morgan fingerprint density at radius 1 is 0.872 bits per heavy atom. The standard InChI is InChI=1S/C26H20F6N2O4S/c1-2-3-10-39(36,37)34-24(35)23-9-8-22(38-23)16-5-7-20-15(11-16)4-6-21(33-20)17-12-18(25(27,28)29)14-19(13-17)26(30,31)32/h4-9,11-14H,2-3,10H2,1H3,(H,34,35). The predicted molar refractivity (Wildman–Crippen MR) is 131 cm³/mol. The second kappa shape index (κ2) is 10.4. The third-order valence-corrected chi connectivity index (χ3v) is 7.02. The molecular formula is C26H20F6N2O4S. The molecule has 0 aliphatic carbocycles. The number of unbranched alkanes of at least 4 members (excludes halogenated alkanes) is 1. The van der Waals surface area contributed by atoms with Crippen molar-refractivity contribution in [2.24, 2.45) is 0 Å². The van der Waals surface area contributed by atoms with Crippen LogP contribution in [-0.2, 0) is 22.4 Å². The van der Waals surface area contributed by atoms with Gasteiger partial charge in [0.1, 0.15) is 5.76 Å². The number of hydrogen-bond donors (Lipinski definition) is 1. The molecule has 6 nitrogen and oxygen atoms in total. The maximum Gasteiger partial charge on any atom is 0.416 e. The van der Waals surface area contributed by atoms with Gasteiger partial charge in [-0.2, -0.15) is 26.3 Å². The lowest BCUT2D eigenvalue weighted by molar-refractivity contribution is -0.143. The van der Waals surface area contributed by atoms with E-state index in [2.05, 4.69) is 4.98 Å². The Kier molecular flexibility index (Phi) is 7.48. The molecule has 0 aliphatic heterocycles. The van der Waals surface area contributed by atoms with Crippen LogP contribution in [0.3, 0.4) is 0 Å². The van der Waals surface area contributed by atoms with Crippen LogP contribution in [0.25, 0.3) is 33.5 Å². The molecule has 0 fully saturated rings. The van der Waals surface area contributed by atoms with Gasteiger partial charge in [0.25, 0.3) is 5.91 Å². The van der Waals surface area contributed by atoms with Gasteiger partial charge in [0.15, 0.2) is 5.76 Å². The highest BCUT2D eigenvalue weighted by Crippen LogP contribution is 2.38. The second-order valence-electron chi connectivity index (χ2n) is 8.67. The highest BCUT2D eigenvalue weighted by atomic mass is 32.2. The summed E-state index contributed by atoms with van der Waals surface area (Å²) in [5.41, 5.74) is -2.57. The summed E-state index contributed by atoms with van der Waals surface area (Å²) in [5.74, 6) is -1.14. The average Bonchev–Trinajstić information content (AvgIpc) is 3.36. The monoisotopic (exact) mass is 570 g/mol. The van der Waals surface area contributed by atoms with E-state index in [4.69, 9.17) is 4.42 Å². The lowest BCUT2D eigenvalue weighted by atomic mass is 10.0. The molecule has 0 aliphatic rings. The van der Waals surface area contributed by atoms with Crippen LogP contribution in [0.5, 0.6) is 0 Å². The number of nitrogens with one attached hydrogen (secondary N) is 1. The molecule has 0 radical (unpaired) electrons. The minimum Gasteiger partial charge on any atom is -0.451 e. The molecule has 2 aromatic heterocycles. The fraction of sp³-hybridized carbons (Fsp3) is 0.231. The van der Waals surface area contributed by atoms with Crippen LogP contribution >= 0.6 is 0 Å². The quantitative estimate of drug-likeness (QED) is 0.240. The summed E-state index contributed by atoms with van der Waals surface area (Å²) in [6.07, 6.45) is -8.95. The van der Waals surface area contributed by atoms with Gasteiger partial charge >= 0.3 is 12.4 Å². The molecule has 0 spiro atoms. The van der Waals surface area contributed by atoms with E-state index in [1.54, 1.807) is 6.07 Å². The molecule has 2 aromatic carbocycles. The van der Waals surface area contributed by atoms with Crippen molar-refractivity contribution in [2.45, 2.75) is 32.1 Å². The largest absolute Gasteiger partial charge is 0.451 e. The maximum absolute atomic E-state index is 13.2. The number of sulfonamides is 1. The molecule has 1 N–H and O–H groups in total. The van der Waals surface area contributed by atoms with Gasteiger partial charge < -0.3 is 4.42 Å². The van der Waals surface area contributed by atoms with Gasteiger partial charge in [-0.05, 0) is 61.0 Å². The zero-order chi connectivity index (χ0) is 28.6. The summed E-state index contributed by atoms with van der Waals surface area (Å²) >= 11 is 0. The van der Waals surface area contributed by atoms with Crippen LogP contribution < -0.4 is 4.72 Å². The summed E-state index contributed by atoms with van der Waals surface area (Å²) in [6.45, 7) is 1.81. The summed E-state index contributed by atoms with van der Waals surface area (Å²) in [4.78, 5) is 16.5. The fourth-order valence-electron chi connectivity index (χ4n) is 3.73. The normalized spacial score (nSPS) is 12.6. The molecule has 4 rings (SSSR count). The summed E-state index contributed by atoms with van der Waals surface area (Å²) in [5, 5.41) is 0.490. The fourth-order valence-corrected chi connectivity index (χ4v) is 4.89. The van der Waals surface area contributed by atoms with Crippen molar-refractivity contribution in [3.8, 4) is 22.6 Å². The minimum atomic E-state index is -4.99. The number of hydrogen-bond acceptors (Lipinski definition) is 5. The van der Waals surface area contributed by atoms with Crippen LogP contribution in [0.1, 0.15) is 41.4 Å². The summed E-state index contributed by atoms with van der Waals surface area (Å²) in [6, 6.07) is 11.4. The van der Waals surface area contributed by atoms with Crippen molar-refractivity contribution >= 4 is 26.8 Å². The molecule has 0 saturated heterocycles. The molecule has 0 bridgehead atoms. The molecule has 0 saturated carbocycles. The van der Waals surface area contributed by atoms with Crippen molar-refractivity contribution in [1.82, 2.24) is 9.71 Å². The zero-order valence-corrected chi connectivity index (χ0v) is 21.0. The summed E-state index contributed by atoms with van der Waals surface area (Å²) < 4.78 is 111. The number of furan rings is 1. The zero-order valence-electron chi connectivity index (χ0n) is 20.2. The Hall–Kier alpha value is -3.87. The van der Waals surface area contributed by atoms with Crippen molar-refractivity contribution in [3.05, 3.63) is 77.6 Å². The Balaban J connectivity index is 1.63. The number of fused-ring (bicyclic) bond motifs is 1. The molecular weight excluding hydrogens is 550 g/mol. The van der Waals surface area contributed by atoms with E-state index >= 15 is 0 Å². The second-order valence-corrected chi connectivity index (χ2v) is 10.5. The minimum absolute atomic E-state index is 0.0509. The number of rotatable bonds is 7. The first kappa shape index (κ1) is 28.1. The molecule has 2 heterocycles. The number of nitrogens with zero attached hydrogens (tertiary/aromatic N) is 1. The van der Waals surface area contributed by atoms with E-state index in [0.717, 1.165) is 0 Å². The van der Waals surface area contributed by atoms with E-state index in [1.165, 1.54) is 36.4 Å². The van der Waals surface area contributed by atoms with E-state index in [0.29, 0.717) is 35.9 Å². The van der Waals surface area contributed by atoms with E-state index in [9.17, 15) is 39.6 Å². The van der Waals surface area contributed by atoms with Gasteiger partial charge in [-0.1, -0.05) is 19.4 Å². The number of carbonyl (C=O) groups excluding carboxylic acids is 1. The molecule has 4 aromatic rings. The van der Waals surface area contributed by atoms with Gasteiger partial charge in [-0.15, -0.1) is 0 Å². The van der Waals surface area contributed by atoms with E-state index in [-0.39, 0.29) is 40.1 Å². The van der Waals surface area contributed by atoms with Gasteiger partial charge in [0.2, 0.25) is 10.0 Å². The maximum atomic E-state index is 13.2.